The Morgan fingerprint density at radius 2 is 1.81 bits per heavy atom. The number of hydrogen-bond acceptors (Lipinski definition) is 2. The normalized spacial score (nSPS) is 12.2. The molecule has 0 saturated carbocycles. The maximum absolute atomic E-state index is 6.09. The van der Waals surface area contributed by atoms with E-state index in [1.807, 2.05) is 30.3 Å². The van der Waals surface area contributed by atoms with Gasteiger partial charge in [-0.2, -0.15) is 0 Å². The zero-order valence-electron chi connectivity index (χ0n) is 12.6. The molecule has 3 heteroatoms. The van der Waals surface area contributed by atoms with Gasteiger partial charge in [0.25, 0.3) is 0 Å². The second-order valence-electron chi connectivity index (χ2n) is 5.22. The molecule has 2 rings (SSSR count). The molecule has 0 spiro atoms. The van der Waals surface area contributed by atoms with Gasteiger partial charge in [-0.15, -0.1) is 0 Å². The lowest BCUT2D eigenvalue weighted by atomic mass is 10.0. The third-order valence-electron chi connectivity index (χ3n) is 3.59. The second kappa shape index (κ2) is 7.48. The summed E-state index contributed by atoms with van der Waals surface area (Å²) in [5, 5.41) is 0.710. The van der Waals surface area contributed by atoms with E-state index in [0.29, 0.717) is 5.02 Å². The van der Waals surface area contributed by atoms with Crippen LogP contribution in [0.2, 0.25) is 5.02 Å². The number of halogens is 1. The van der Waals surface area contributed by atoms with Crippen LogP contribution < -0.4 is 10.5 Å². The molecular formula is C18H22ClNO. The van der Waals surface area contributed by atoms with Gasteiger partial charge in [0, 0.05) is 11.1 Å². The van der Waals surface area contributed by atoms with Gasteiger partial charge in [0.05, 0.1) is 0 Å². The van der Waals surface area contributed by atoms with Crippen LogP contribution in [0.4, 0.5) is 0 Å². The van der Waals surface area contributed by atoms with Crippen LogP contribution in [0.1, 0.15) is 31.4 Å². The number of aryl methyl sites for hydroxylation is 1. The lowest BCUT2D eigenvalue weighted by molar-refractivity contribution is 0.472. The Balaban J connectivity index is 2.21. The van der Waals surface area contributed by atoms with Crippen LogP contribution in [0.25, 0.3) is 0 Å². The molecule has 0 saturated heterocycles. The molecule has 2 nitrogen and oxygen atoms in total. The van der Waals surface area contributed by atoms with Gasteiger partial charge < -0.3 is 10.5 Å². The van der Waals surface area contributed by atoms with Gasteiger partial charge in [-0.05, 0) is 60.7 Å². The molecule has 2 aromatic rings. The number of nitrogens with two attached hydrogens (primary N) is 1. The summed E-state index contributed by atoms with van der Waals surface area (Å²) in [4.78, 5) is 0. The number of hydrogen-bond donors (Lipinski definition) is 1. The van der Waals surface area contributed by atoms with Crippen LogP contribution >= 0.6 is 11.6 Å². The zero-order chi connectivity index (χ0) is 15.2. The molecule has 2 aromatic carbocycles. The molecule has 1 unspecified atom stereocenters. The largest absolute Gasteiger partial charge is 0.457 e. The minimum atomic E-state index is 0.119. The quantitative estimate of drug-likeness (QED) is 0.817. The highest BCUT2D eigenvalue weighted by Crippen LogP contribution is 2.29. The van der Waals surface area contributed by atoms with E-state index in [9.17, 15) is 0 Å². The van der Waals surface area contributed by atoms with E-state index in [0.717, 1.165) is 36.3 Å². The van der Waals surface area contributed by atoms with Crippen molar-refractivity contribution in [3.63, 3.8) is 0 Å². The first kappa shape index (κ1) is 15.9. The fourth-order valence-corrected chi connectivity index (χ4v) is 2.35. The lowest BCUT2D eigenvalue weighted by Gasteiger charge is -2.15. The third kappa shape index (κ3) is 4.48. The van der Waals surface area contributed by atoms with Crippen molar-refractivity contribution < 1.29 is 4.74 Å². The Hall–Kier alpha value is -1.51. The first-order valence-electron chi connectivity index (χ1n) is 7.43. The molecule has 1 atom stereocenters. The average molecular weight is 304 g/mol. The summed E-state index contributed by atoms with van der Waals surface area (Å²) in [6, 6.07) is 14.0. The fraction of sp³-hybridized carbons (Fsp3) is 0.333. The van der Waals surface area contributed by atoms with E-state index < -0.39 is 0 Å². The summed E-state index contributed by atoms with van der Waals surface area (Å²) in [7, 11) is 0. The summed E-state index contributed by atoms with van der Waals surface area (Å²) in [5.74, 6) is 1.66. The molecule has 2 N–H and O–H groups in total. The molecule has 0 aromatic heterocycles. The van der Waals surface area contributed by atoms with Gasteiger partial charge in [0.15, 0.2) is 0 Å². The standard InChI is InChI=1S/C18H22ClNO/c1-3-13-5-8-17(9-6-13)21-18-10-7-15(19)11-14(18)12-16(20)4-2/h5-11,16H,3-4,12,20H2,1-2H3. The van der Waals surface area contributed by atoms with Gasteiger partial charge in [-0.3, -0.25) is 0 Å². The predicted octanol–water partition coefficient (Wildman–Crippen LogP) is 4.97. The molecular weight excluding hydrogens is 282 g/mol. The van der Waals surface area contributed by atoms with Gasteiger partial charge in [-0.25, -0.2) is 0 Å². The van der Waals surface area contributed by atoms with Crippen LogP contribution in [0.15, 0.2) is 42.5 Å². The molecule has 0 amide bonds. The van der Waals surface area contributed by atoms with Gasteiger partial charge >= 0.3 is 0 Å². The van der Waals surface area contributed by atoms with Crippen LogP contribution in [0, 0.1) is 0 Å². The topological polar surface area (TPSA) is 35.2 Å². The maximum Gasteiger partial charge on any atom is 0.130 e. The first-order valence-corrected chi connectivity index (χ1v) is 7.81. The molecule has 0 radical (unpaired) electrons. The Morgan fingerprint density at radius 3 is 2.43 bits per heavy atom. The number of ether oxygens (including phenoxy) is 1. The van der Waals surface area contributed by atoms with Crippen LogP contribution in [0.5, 0.6) is 11.5 Å². The summed E-state index contributed by atoms with van der Waals surface area (Å²) >= 11 is 6.09. The Morgan fingerprint density at radius 1 is 1.10 bits per heavy atom. The fourth-order valence-electron chi connectivity index (χ4n) is 2.15. The van der Waals surface area contributed by atoms with Crippen molar-refractivity contribution in [3.05, 3.63) is 58.6 Å². The molecule has 0 bridgehead atoms. The van der Waals surface area contributed by atoms with E-state index in [1.54, 1.807) is 0 Å². The van der Waals surface area contributed by atoms with Crippen LogP contribution in [0.3, 0.4) is 0 Å². The Labute approximate surface area is 131 Å². The van der Waals surface area contributed by atoms with Crippen molar-refractivity contribution in [1.29, 1.82) is 0 Å². The highest BCUT2D eigenvalue weighted by atomic mass is 35.5. The van der Waals surface area contributed by atoms with E-state index in [4.69, 9.17) is 22.1 Å². The van der Waals surface area contributed by atoms with Crippen molar-refractivity contribution in [2.45, 2.75) is 39.2 Å². The summed E-state index contributed by atoms with van der Waals surface area (Å²) in [6.07, 6.45) is 2.72. The van der Waals surface area contributed by atoms with Gasteiger partial charge in [-0.1, -0.05) is 37.6 Å². The third-order valence-corrected chi connectivity index (χ3v) is 3.82. The van der Waals surface area contributed by atoms with Crippen molar-refractivity contribution in [2.24, 2.45) is 5.73 Å². The predicted molar refractivity (Wildman–Crippen MR) is 89.3 cm³/mol. The van der Waals surface area contributed by atoms with Crippen molar-refractivity contribution >= 4 is 11.6 Å². The number of benzene rings is 2. The summed E-state index contributed by atoms with van der Waals surface area (Å²) < 4.78 is 6.00. The first-order chi connectivity index (χ1) is 10.1. The maximum atomic E-state index is 6.09. The van der Waals surface area contributed by atoms with E-state index in [2.05, 4.69) is 26.0 Å². The zero-order valence-corrected chi connectivity index (χ0v) is 13.4. The van der Waals surface area contributed by atoms with Crippen LogP contribution in [-0.4, -0.2) is 6.04 Å². The van der Waals surface area contributed by atoms with Gasteiger partial charge in [0.1, 0.15) is 11.5 Å². The second-order valence-corrected chi connectivity index (χ2v) is 5.66. The molecule has 0 aliphatic heterocycles. The Kier molecular flexibility index (Phi) is 5.66. The average Bonchev–Trinajstić information content (AvgIpc) is 2.50. The van der Waals surface area contributed by atoms with Crippen LogP contribution in [-0.2, 0) is 12.8 Å². The summed E-state index contributed by atoms with van der Waals surface area (Å²) in [5.41, 5.74) is 8.41. The van der Waals surface area contributed by atoms with E-state index >= 15 is 0 Å². The SMILES string of the molecule is CCc1ccc(Oc2ccc(Cl)cc2CC(N)CC)cc1. The van der Waals surface area contributed by atoms with E-state index in [1.165, 1.54) is 5.56 Å². The summed E-state index contributed by atoms with van der Waals surface area (Å²) in [6.45, 7) is 4.22. The highest BCUT2D eigenvalue weighted by Gasteiger charge is 2.10. The minimum Gasteiger partial charge on any atom is -0.457 e. The number of rotatable bonds is 6. The van der Waals surface area contributed by atoms with Crippen molar-refractivity contribution in [2.75, 3.05) is 0 Å². The molecule has 0 aliphatic carbocycles. The molecule has 0 fully saturated rings. The monoisotopic (exact) mass is 303 g/mol. The smallest absolute Gasteiger partial charge is 0.130 e. The molecule has 0 aliphatic rings. The molecule has 112 valence electrons. The Bertz CT molecular complexity index is 580. The minimum absolute atomic E-state index is 0.119. The molecule has 0 heterocycles. The van der Waals surface area contributed by atoms with Crippen molar-refractivity contribution in [1.82, 2.24) is 0 Å². The lowest BCUT2D eigenvalue weighted by Crippen LogP contribution is -2.21. The highest BCUT2D eigenvalue weighted by molar-refractivity contribution is 6.30. The van der Waals surface area contributed by atoms with Gasteiger partial charge in [0.2, 0.25) is 0 Å². The molecule has 21 heavy (non-hydrogen) atoms. The van der Waals surface area contributed by atoms with E-state index in [-0.39, 0.29) is 6.04 Å². The van der Waals surface area contributed by atoms with Crippen molar-refractivity contribution in [3.8, 4) is 11.5 Å².